The largest absolute Gasteiger partial charge is 0.326 e. The number of amides is 2. The third-order valence-electron chi connectivity index (χ3n) is 3.73. The van der Waals surface area contributed by atoms with Crippen molar-refractivity contribution in [3.05, 3.63) is 35.4 Å². The van der Waals surface area contributed by atoms with Gasteiger partial charge in [0.1, 0.15) is 0 Å². The maximum Gasteiger partial charge on any atom is 0.320 e. The Hall–Kier alpha value is -1.55. The Morgan fingerprint density at radius 1 is 1.26 bits per heavy atom. The monoisotopic (exact) mass is 261 g/mol. The summed E-state index contributed by atoms with van der Waals surface area (Å²) in [6.07, 6.45) is 2.26. The van der Waals surface area contributed by atoms with Crippen molar-refractivity contribution in [3.8, 4) is 0 Å². The Kier molecular flexibility index (Phi) is 4.80. The standard InChI is InChI=1S/C15H23N3O/c1-2-17(15(19)18-9-5-6-10-18)12-14-8-4-3-7-13(14)11-16/h3-4,7-8H,2,5-6,9-12,16H2,1H3. The molecular weight excluding hydrogens is 238 g/mol. The van der Waals surface area contributed by atoms with E-state index in [0.29, 0.717) is 13.1 Å². The van der Waals surface area contributed by atoms with Crippen molar-refractivity contribution in [1.29, 1.82) is 0 Å². The molecule has 0 saturated carbocycles. The van der Waals surface area contributed by atoms with Gasteiger partial charge >= 0.3 is 6.03 Å². The summed E-state index contributed by atoms with van der Waals surface area (Å²) < 4.78 is 0. The summed E-state index contributed by atoms with van der Waals surface area (Å²) in [4.78, 5) is 16.3. The molecule has 2 amide bonds. The van der Waals surface area contributed by atoms with Gasteiger partial charge in [-0.3, -0.25) is 0 Å². The van der Waals surface area contributed by atoms with E-state index < -0.39 is 0 Å². The van der Waals surface area contributed by atoms with E-state index in [1.165, 1.54) is 0 Å². The lowest BCUT2D eigenvalue weighted by Crippen LogP contribution is -2.41. The van der Waals surface area contributed by atoms with Crippen molar-refractivity contribution < 1.29 is 4.79 Å². The van der Waals surface area contributed by atoms with Crippen LogP contribution in [-0.2, 0) is 13.1 Å². The minimum atomic E-state index is 0.159. The molecular formula is C15H23N3O. The summed E-state index contributed by atoms with van der Waals surface area (Å²) in [5.74, 6) is 0. The Morgan fingerprint density at radius 2 is 1.89 bits per heavy atom. The molecule has 1 aromatic rings. The van der Waals surface area contributed by atoms with Crippen molar-refractivity contribution in [2.45, 2.75) is 32.9 Å². The van der Waals surface area contributed by atoms with Crippen molar-refractivity contribution >= 4 is 6.03 Å². The van der Waals surface area contributed by atoms with Crippen molar-refractivity contribution in [2.24, 2.45) is 5.73 Å². The van der Waals surface area contributed by atoms with Crippen molar-refractivity contribution in [2.75, 3.05) is 19.6 Å². The average molecular weight is 261 g/mol. The van der Waals surface area contributed by atoms with Crippen LogP contribution in [0.2, 0.25) is 0 Å². The predicted molar refractivity (Wildman–Crippen MR) is 76.6 cm³/mol. The lowest BCUT2D eigenvalue weighted by molar-refractivity contribution is 0.162. The van der Waals surface area contributed by atoms with E-state index in [0.717, 1.165) is 43.6 Å². The van der Waals surface area contributed by atoms with Crippen LogP contribution in [0, 0.1) is 0 Å². The number of benzene rings is 1. The van der Waals surface area contributed by atoms with Gasteiger partial charge in [0.2, 0.25) is 0 Å². The normalized spacial score (nSPS) is 14.7. The second-order valence-electron chi connectivity index (χ2n) is 4.96. The molecule has 0 spiro atoms. The van der Waals surface area contributed by atoms with Crippen LogP contribution >= 0.6 is 0 Å². The van der Waals surface area contributed by atoms with Crippen LogP contribution in [0.15, 0.2) is 24.3 Å². The lowest BCUT2D eigenvalue weighted by atomic mass is 10.1. The van der Waals surface area contributed by atoms with E-state index in [9.17, 15) is 4.79 Å². The number of carbonyl (C=O) groups excluding carboxylic acids is 1. The van der Waals surface area contributed by atoms with E-state index in [4.69, 9.17) is 5.73 Å². The fraction of sp³-hybridized carbons (Fsp3) is 0.533. The van der Waals surface area contributed by atoms with Gasteiger partial charge < -0.3 is 15.5 Å². The first-order valence-corrected chi connectivity index (χ1v) is 7.07. The van der Waals surface area contributed by atoms with Gasteiger partial charge in [0, 0.05) is 32.7 Å². The van der Waals surface area contributed by atoms with E-state index in [1.54, 1.807) is 0 Å². The number of nitrogens with zero attached hydrogens (tertiary/aromatic N) is 2. The van der Waals surface area contributed by atoms with Crippen LogP contribution in [0.25, 0.3) is 0 Å². The summed E-state index contributed by atoms with van der Waals surface area (Å²) >= 11 is 0. The summed E-state index contributed by atoms with van der Waals surface area (Å²) in [6, 6.07) is 8.24. The SMILES string of the molecule is CCN(Cc1ccccc1CN)C(=O)N1CCCC1. The highest BCUT2D eigenvalue weighted by Gasteiger charge is 2.23. The lowest BCUT2D eigenvalue weighted by Gasteiger charge is -2.27. The summed E-state index contributed by atoms with van der Waals surface area (Å²) in [5, 5.41) is 0. The summed E-state index contributed by atoms with van der Waals surface area (Å²) in [5.41, 5.74) is 8.02. The molecule has 4 nitrogen and oxygen atoms in total. The molecule has 1 aliphatic rings. The van der Waals surface area contributed by atoms with E-state index in [2.05, 4.69) is 6.07 Å². The summed E-state index contributed by atoms with van der Waals surface area (Å²) in [6.45, 7) is 5.72. The highest BCUT2D eigenvalue weighted by atomic mass is 16.2. The number of hydrogen-bond donors (Lipinski definition) is 1. The number of hydrogen-bond acceptors (Lipinski definition) is 2. The van der Waals surface area contributed by atoms with Gasteiger partial charge in [0.15, 0.2) is 0 Å². The Bertz CT molecular complexity index is 427. The van der Waals surface area contributed by atoms with Gasteiger partial charge in [-0.1, -0.05) is 24.3 Å². The van der Waals surface area contributed by atoms with Crippen LogP contribution in [0.4, 0.5) is 4.79 Å². The molecule has 0 bridgehead atoms. The van der Waals surface area contributed by atoms with Gasteiger partial charge in [-0.25, -0.2) is 4.79 Å². The molecule has 19 heavy (non-hydrogen) atoms. The van der Waals surface area contributed by atoms with Crippen LogP contribution in [0.1, 0.15) is 30.9 Å². The second-order valence-corrected chi connectivity index (χ2v) is 4.96. The number of likely N-dealkylation sites (tertiary alicyclic amines) is 1. The maximum absolute atomic E-state index is 12.4. The molecule has 104 valence electrons. The van der Waals surface area contributed by atoms with E-state index in [1.807, 2.05) is 34.9 Å². The minimum Gasteiger partial charge on any atom is -0.326 e. The molecule has 4 heteroatoms. The van der Waals surface area contributed by atoms with Crippen LogP contribution in [0.5, 0.6) is 0 Å². The van der Waals surface area contributed by atoms with Crippen LogP contribution < -0.4 is 5.73 Å². The quantitative estimate of drug-likeness (QED) is 0.903. The number of carbonyl (C=O) groups is 1. The molecule has 2 rings (SSSR count). The van der Waals surface area contributed by atoms with Crippen molar-refractivity contribution in [3.63, 3.8) is 0 Å². The molecule has 1 fully saturated rings. The Morgan fingerprint density at radius 3 is 2.47 bits per heavy atom. The number of urea groups is 1. The minimum absolute atomic E-state index is 0.159. The van der Waals surface area contributed by atoms with Gasteiger partial charge in [0.05, 0.1) is 0 Å². The molecule has 0 aromatic heterocycles. The fourth-order valence-corrected chi connectivity index (χ4v) is 2.54. The zero-order valence-electron chi connectivity index (χ0n) is 11.6. The van der Waals surface area contributed by atoms with Gasteiger partial charge in [0.25, 0.3) is 0 Å². The molecule has 0 aliphatic carbocycles. The highest BCUT2D eigenvalue weighted by Crippen LogP contribution is 2.15. The second kappa shape index (κ2) is 6.57. The molecule has 0 radical (unpaired) electrons. The average Bonchev–Trinajstić information content (AvgIpc) is 2.98. The first-order valence-electron chi connectivity index (χ1n) is 7.07. The molecule has 1 heterocycles. The molecule has 1 aromatic carbocycles. The third kappa shape index (κ3) is 3.26. The first-order chi connectivity index (χ1) is 9.26. The molecule has 0 unspecified atom stereocenters. The van der Waals surface area contributed by atoms with Crippen LogP contribution in [-0.4, -0.2) is 35.5 Å². The Balaban J connectivity index is 2.07. The zero-order valence-corrected chi connectivity index (χ0v) is 11.6. The number of nitrogens with two attached hydrogens (primary N) is 1. The zero-order chi connectivity index (χ0) is 13.7. The van der Waals surface area contributed by atoms with Crippen LogP contribution in [0.3, 0.4) is 0 Å². The first kappa shape index (κ1) is 13.9. The topological polar surface area (TPSA) is 49.6 Å². The van der Waals surface area contributed by atoms with Gasteiger partial charge in [-0.2, -0.15) is 0 Å². The fourth-order valence-electron chi connectivity index (χ4n) is 2.54. The molecule has 0 atom stereocenters. The van der Waals surface area contributed by atoms with E-state index >= 15 is 0 Å². The van der Waals surface area contributed by atoms with Gasteiger partial charge in [-0.05, 0) is 30.9 Å². The Labute approximate surface area is 115 Å². The molecule has 1 saturated heterocycles. The van der Waals surface area contributed by atoms with E-state index in [-0.39, 0.29) is 6.03 Å². The van der Waals surface area contributed by atoms with Gasteiger partial charge in [-0.15, -0.1) is 0 Å². The summed E-state index contributed by atoms with van der Waals surface area (Å²) in [7, 11) is 0. The van der Waals surface area contributed by atoms with Crippen molar-refractivity contribution in [1.82, 2.24) is 9.80 Å². The highest BCUT2D eigenvalue weighted by molar-refractivity contribution is 5.74. The maximum atomic E-state index is 12.4. The molecule has 1 aliphatic heterocycles. The predicted octanol–water partition coefficient (Wildman–Crippen LogP) is 2.18. The molecule has 2 N–H and O–H groups in total. The smallest absolute Gasteiger partial charge is 0.320 e. The number of rotatable bonds is 4. The third-order valence-corrected chi connectivity index (χ3v) is 3.73.